The van der Waals surface area contributed by atoms with Gasteiger partial charge in [-0.2, -0.15) is 0 Å². The quantitative estimate of drug-likeness (QED) is 0.226. The molecule has 1 fully saturated rings. The van der Waals surface area contributed by atoms with Crippen molar-refractivity contribution in [2.24, 2.45) is 0 Å². The number of aliphatic hydroxyl groups excluding tert-OH is 1. The van der Waals surface area contributed by atoms with Gasteiger partial charge >= 0.3 is 6.36 Å². The summed E-state index contributed by atoms with van der Waals surface area (Å²) >= 11 is 0. The molecule has 1 saturated heterocycles. The summed E-state index contributed by atoms with van der Waals surface area (Å²) in [6.45, 7) is 5.89. The lowest BCUT2D eigenvalue weighted by Crippen LogP contribution is -2.29. The summed E-state index contributed by atoms with van der Waals surface area (Å²) in [5.41, 5.74) is 0.617. The molecule has 0 spiro atoms. The van der Waals surface area contributed by atoms with Crippen LogP contribution in [-0.4, -0.2) is 35.4 Å². The van der Waals surface area contributed by atoms with Crippen LogP contribution in [0.5, 0.6) is 17.2 Å². The number of carbonyl (C=O) groups is 2. The van der Waals surface area contributed by atoms with Crippen molar-refractivity contribution in [3.05, 3.63) is 89.0 Å². The Labute approximate surface area is 222 Å². The van der Waals surface area contributed by atoms with Crippen LogP contribution in [0.3, 0.4) is 0 Å². The van der Waals surface area contributed by atoms with E-state index in [1.165, 1.54) is 43.5 Å². The Bertz CT molecular complexity index is 1460. The lowest BCUT2D eigenvalue weighted by atomic mass is 9.85. The number of methoxy groups -OCH3 is 1. The van der Waals surface area contributed by atoms with E-state index in [9.17, 15) is 33.0 Å². The van der Waals surface area contributed by atoms with Gasteiger partial charge in [0.05, 0.1) is 24.3 Å². The fourth-order valence-electron chi connectivity index (χ4n) is 4.41. The molecule has 0 saturated carbocycles. The maximum Gasteiger partial charge on any atom is 0.573 e. The summed E-state index contributed by atoms with van der Waals surface area (Å²) in [4.78, 5) is 27.8. The molecule has 1 aliphatic heterocycles. The number of nitrogens with zero attached hydrogens (tertiary/aromatic N) is 1. The number of hydrogen-bond acceptors (Lipinski definition) is 6. The number of halogens is 3. The van der Waals surface area contributed by atoms with E-state index in [-0.39, 0.29) is 33.7 Å². The summed E-state index contributed by atoms with van der Waals surface area (Å²) in [6.07, 6.45) is -4.97. The van der Waals surface area contributed by atoms with Crippen LogP contribution in [0.2, 0.25) is 0 Å². The number of aromatic hydroxyl groups is 1. The van der Waals surface area contributed by atoms with Gasteiger partial charge in [0.25, 0.3) is 11.7 Å². The van der Waals surface area contributed by atoms with E-state index in [1.54, 1.807) is 12.1 Å². The minimum atomic E-state index is -4.97. The van der Waals surface area contributed by atoms with Crippen molar-refractivity contribution in [3.8, 4) is 17.2 Å². The number of ether oxygens (including phenoxy) is 2. The molecule has 3 aromatic carbocycles. The maximum atomic E-state index is 13.4. The molecule has 4 rings (SSSR count). The van der Waals surface area contributed by atoms with E-state index in [1.807, 2.05) is 26.8 Å². The summed E-state index contributed by atoms with van der Waals surface area (Å²) in [5.74, 6) is -3.06. The molecule has 1 heterocycles. The number of ketones is 1. The third kappa shape index (κ3) is 5.55. The Kier molecular flexibility index (Phi) is 7.08. The Morgan fingerprint density at radius 3 is 2.21 bits per heavy atom. The SMILES string of the molecule is COc1ccc(C(C)(C)C)cc1/C(O)=C1\C(=O)C(=O)N(c2cccc(OC(F)(F)F)c2)C1c1ccc(O)cc1. The molecule has 204 valence electrons. The van der Waals surface area contributed by atoms with E-state index in [0.717, 1.165) is 22.6 Å². The number of aliphatic hydroxyl groups is 1. The highest BCUT2D eigenvalue weighted by atomic mass is 19.4. The van der Waals surface area contributed by atoms with Gasteiger partial charge in [-0.15, -0.1) is 13.2 Å². The molecule has 1 amide bonds. The molecule has 0 aromatic heterocycles. The predicted molar refractivity (Wildman–Crippen MR) is 138 cm³/mol. The highest BCUT2D eigenvalue weighted by Gasteiger charge is 2.47. The lowest BCUT2D eigenvalue weighted by Gasteiger charge is -2.26. The van der Waals surface area contributed by atoms with Crippen molar-refractivity contribution in [3.63, 3.8) is 0 Å². The van der Waals surface area contributed by atoms with Gasteiger partial charge in [0.1, 0.15) is 23.0 Å². The molecular weight excluding hydrogens is 515 g/mol. The molecule has 1 unspecified atom stereocenters. The largest absolute Gasteiger partial charge is 0.573 e. The molecule has 0 bridgehead atoms. The second-order valence-corrected chi connectivity index (χ2v) is 9.97. The van der Waals surface area contributed by atoms with Crippen molar-refractivity contribution < 1.29 is 42.4 Å². The third-order valence-corrected chi connectivity index (χ3v) is 6.30. The van der Waals surface area contributed by atoms with Gasteiger partial charge in [0, 0.05) is 11.8 Å². The number of benzene rings is 3. The first-order chi connectivity index (χ1) is 18.2. The monoisotopic (exact) mass is 541 g/mol. The number of Topliss-reactive ketones (excluding diaryl/α,β-unsaturated/α-hetero) is 1. The lowest BCUT2D eigenvalue weighted by molar-refractivity contribution is -0.274. The van der Waals surface area contributed by atoms with Gasteiger partial charge in [-0.05, 0) is 52.9 Å². The second-order valence-electron chi connectivity index (χ2n) is 9.97. The van der Waals surface area contributed by atoms with Gasteiger partial charge in [-0.1, -0.05) is 45.0 Å². The highest BCUT2D eigenvalue weighted by Crippen LogP contribution is 2.45. The highest BCUT2D eigenvalue weighted by molar-refractivity contribution is 6.51. The maximum absolute atomic E-state index is 13.4. The van der Waals surface area contributed by atoms with Crippen molar-refractivity contribution in [1.82, 2.24) is 0 Å². The van der Waals surface area contributed by atoms with E-state index in [0.29, 0.717) is 5.56 Å². The van der Waals surface area contributed by atoms with Crippen LogP contribution >= 0.6 is 0 Å². The molecule has 0 aliphatic carbocycles. The molecule has 1 aliphatic rings. The average Bonchev–Trinajstić information content (AvgIpc) is 3.12. The molecule has 0 radical (unpaired) electrons. The van der Waals surface area contributed by atoms with E-state index in [4.69, 9.17) is 4.74 Å². The molecule has 3 aromatic rings. The summed E-state index contributed by atoms with van der Waals surface area (Å²) in [6, 6.07) is 14.1. The minimum Gasteiger partial charge on any atom is -0.508 e. The number of rotatable bonds is 5. The van der Waals surface area contributed by atoms with Crippen molar-refractivity contribution in [1.29, 1.82) is 0 Å². The molecule has 39 heavy (non-hydrogen) atoms. The predicted octanol–water partition coefficient (Wildman–Crippen LogP) is 6.22. The van der Waals surface area contributed by atoms with Crippen molar-refractivity contribution in [2.45, 2.75) is 38.6 Å². The zero-order valence-electron chi connectivity index (χ0n) is 21.5. The first-order valence-electron chi connectivity index (χ1n) is 11.9. The van der Waals surface area contributed by atoms with Gasteiger partial charge in [-0.25, -0.2) is 0 Å². The second kappa shape index (κ2) is 10.0. The molecule has 1 atom stereocenters. The standard InChI is InChI=1S/C29H26F3NO6/c1-28(2,3)17-10-13-22(38-4)21(14-17)25(35)23-24(16-8-11-19(34)12-9-16)33(27(37)26(23)36)18-6-5-7-20(15-18)39-29(30,31)32/h5-15,24,34-35H,1-4H3/b25-23+. The van der Waals surface area contributed by atoms with Crippen molar-refractivity contribution in [2.75, 3.05) is 12.0 Å². The first kappa shape index (κ1) is 27.6. The fraction of sp³-hybridized carbons (Fsp3) is 0.241. The minimum absolute atomic E-state index is 0.0635. The van der Waals surface area contributed by atoms with E-state index in [2.05, 4.69) is 4.74 Å². The van der Waals surface area contributed by atoms with Gasteiger partial charge in [0.2, 0.25) is 0 Å². The molecular formula is C29H26F3NO6. The number of hydrogen-bond donors (Lipinski definition) is 2. The van der Waals surface area contributed by atoms with E-state index < -0.39 is 35.6 Å². The van der Waals surface area contributed by atoms with Crippen LogP contribution in [0, 0.1) is 0 Å². The fourth-order valence-corrected chi connectivity index (χ4v) is 4.41. The summed E-state index contributed by atoms with van der Waals surface area (Å²) < 4.78 is 48.1. The first-order valence-corrected chi connectivity index (χ1v) is 11.9. The van der Waals surface area contributed by atoms with Crippen LogP contribution < -0.4 is 14.4 Å². The summed E-state index contributed by atoms with van der Waals surface area (Å²) in [7, 11) is 1.39. The molecule has 7 nitrogen and oxygen atoms in total. The normalized spacial score (nSPS) is 17.4. The molecule has 2 N–H and O–H groups in total. The Hall–Kier alpha value is -4.47. The number of phenolic OH excluding ortho intramolecular Hbond substituents is 1. The van der Waals surface area contributed by atoms with Crippen LogP contribution in [0.1, 0.15) is 43.5 Å². The number of carbonyl (C=O) groups excluding carboxylic acids is 2. The number of alkyl halides is 3. The van der Waals surface area contributed by atoms with Crippen molar-refractivity contribution >= 4 is 23.1 Å². The Morgan fingerprint density at radius 2 is 1.62 bits per heavy atom. The zero-order valence-corrected chi connectivity index (χ0v) is 21.5. The van der Waals surface area contributed by atoms with Gasteiger partial charge in [0.15, 0.2) is 0 Å². The zero-order chi connectivity index (χ0) is 28.7. The number of anilines is 1. The van der Waals surface area contributed by atoms with Crippen LogP contribution in [-0.2, 0) is 15.0 Å². The summed E-state index contributed by atoms with van der Waals surface area (Å²) in [5, 5.41) is 21.4. The Morgan fingerprint density at radius 1 is 0.949 bits per heavy atom. The number of phenols is 1. The smallest absolute Gasteiger partial charge is 0.508 e. The number of amides is 1. The van der Waals surface area contributed by atoms with Gasteiger partial charge < -0.3 is 19.7 Å². The van der Waals surface area contributed by atoms with Crippen LogP contribution in [0.25, 0.3) is 5.76 Å². The van der Waals surface area contributed by atoms with Crippen LogP contribution in [0.15, 0.2) is 72.3 Å². The Balaban J connectivity index is 1.96. The van der Waals surface area contributed by atoms with Gasteiger partial charge in [-0.3, -0.25) is 14.5 Å². The topological polar surface area (TPSA) is 96.3 Å². The van der Waals surface area contributed by atoms with Crippen LogP contribution in [0.4, 0.5) is 18.9 Å². The third-order valence-electron chi connectivity index (χ3n) is 6.30. The van der Waals surface area contributed by atoms with E-state index >= 15 is 0 Å². The average molecular weight is 542 g/mol. The molecule has 10 heteroatoms.